The third kappa shape index (κ3) is 4.18. The van der Waals surface area contributed by atoms with Crippen LogP contribution in [-0.4, -0.2) is 18.6 Å². The van der Waals surface area contributed by atoms with Crippen molar-refractivity contribution in [3.8, 4) is 0 Å². The quantitative estimate of drug-likeness (QED) is 0.737. The molecule has 4 N–H and O–H groups in total. The van der Waals surface area contributed by atoms with Crippen LogP contribution >= 0.6 is 11.6 Å². The Morgan fingerprint density at radius 2 is 2.33 bits per heavy atom. The van der Waals surface area contributed by atoms with Crippen LogP contribution in [0.25, 0.3) is 0 Å². The normalized spacial score (nSPS) is 11.9. The summed E-state index contributed by atoms with van der Waals surface area (Å²) >= 11 is 5.77. The molecule has 0 unspecified atom stereocenters. The van der Waals surface area contributed by atoms with Crippen LogP contribution in [0.3, 0.4) is 0 Å². The molecule has 0 saturated heterocycles. The molecule has 0 heterocycles. The molecule has 0 radical (unpaired) electrons. The number of hydrogen-bond donors (Lipinski definition) is 3. The first kappa shape index (κ1) is 11.8. The zero-order valence-electron chi connectivity index (χ0n) is 8.46. The summed E-state index contributed by atoms with van der Waals surface area (Å²) in [6, 6.07) is 6.61. The topological polar surface area (TPSA) is 67.1 Å². The molecule has 1 aromatic carbocycles. The van der Waals surface area contributed by atoms with E-state index in [1.54, 1.807) is 24.3 Å². The van der Waals surface area contributed by atoms with Gasteiger partial charge in [-0.1, -0.05) is 17.7 Å². The number of nitrogens with two attached hydrogens (primary N) is 1. The maximum Gasteiger partial charge on any atom is 0.319 e. The zero-order valence-corrected chi connectivity index (χ0v) is 9.21. The Hall–Kier alpha value is -1.26. The number of amides is 2. The average Bonchev–Trinajstić information content (AvgIpc) is 2.17. The van der Waals surface area contributed by atoms with Crippen LogP contribution < -0.4 is 16.4 Å². The van der Waals surface area contributed by atoms with Crippen LogP contribution in [0.5, 0.6) is 0 Å². The predicted molar refractivity (Wildman–Crippen MR) is 62.1 cm³/mol. The van der Waals surface area contributed by atoms with Crippen molar-refractivity contribution in [3.05, 3.63) is 29.3 Å². The highest BCUT2D eigenvalue weighted by Crippen LogP contribution is 2.14. The summed E-state index contributed by atoms with van der Waals surface area (Å²) in [5, 5.41) is 5.92. The van der Waals surface area contributed by atoms with Crippen molar-refractivity contribution in [2.75, 3.05) is 11.9 Å². The van der Waals surface area contributed by atoms with E-state index < -0.39 is 0 Å². The fourth-order valence-electron chi connectivity index (χ4n) is 1.02. The van der Waals surface area contributed by atoms with Crippen LogP contribution in [-0.2, 0) is 0 Å². The average molecular weight is 228 g/mol. The maximum absolute atomic E-state index is 11.4. The minimum Gasteiger partial charge on any atom is -0.334 e. The lowest BCUT2D eigenvalue weighted by Crippen LogP contribution is -2.40. The number of carbonyl (C=O) groups is 1. The largest absolute Gasteiger partial charge is 0.334 e. The van der Waals surface area contributed by atoms with E-state index in [0.29, 0.717) is 17.3 Å². The molecule has 1 atom stereocenters. The SMILES string of the molecule is C[C@H](CN)NC(=O)Nc1cccc(Cl)c1. The second kappa shape index (κ2) is 5.58. The van der Waals surface area contributed by atoms with Gasteiger partial charge in [0.05, 0.1) is 0 Å². The molecule has 0 aromatic heterocycles. The van der Waals surface area contributed by atoms with Crippen molar-refractivity contribution < 1.29 is 4.79 Å². The highest BCUT2D eigenvalue weighted by atomic mass is 35.5. The molecule has 2 amide bonds. The fraction of sp³-hybridized carbons (Fsp3) is 0.300. The first-order chi connectivity index (χ1) is 7.11. The summed E-state index contributed by atoms with van der Waals surface area (Å²) in [6.45, 7) is 2.24. The van der Waals surface area contributed by atoms with Gasteiger partial charge < -0.3 is 16.4 Å². The minimum absolute atomic E-state index is 0.0517. The molecule has 15 heavy (non-hydrogen) atoms. The van der Waals surface area contributed by atoms with Gasteiger partial charge in [-0.05, 0) is 25.1 Å². The number of rotatable bonds is 3. The van der Waals surface area contributed by atoms with Crippen LogP contribution in [0.15, 0.2) is 24.3 Å². The van der Waals surface area contributed by atoms with E-state index in [1.165, 1.54) is 0 Å². The van der Waals surface area contributed by atoms with Crippen molar-refractivity contribution in [1.82, 2.24) is 5.32 Å². The Morgan fingerprint density at radius 1 is 1.60 bits per heavy atom. The van der Waals surface area contributed by atoms with Crippen LogP contribution in [0.1, 0.15) is 6.92 Å². The molecule has 0 spiro atoms. The van der Waals surface area contributed by atoms with Gasteiger partial charge in [0.25, 0.3) is 0 Å². The zero-order chi connectivity index (χ0) is 11.3. The standard InChI is InChI=1S/C10H14ClN3O/c1-7(6-12)13-10(15)14-9-4-2-3-8(11)5-9/h2-5,7H,6,12H2,1H3,(H2,13,14,15)/t7-/m1/s1. The van der Waals surface area contributed by atoms with Gasteiger partial charge in [0.2, 0.25) is 0 Å². The molecule has 0 saturated carbocycles. The third-order valence-corrected chi connectivity index (χ3v) is 2.05. The summed E-state index contributed by atoms with van der Waals surface area (Å²) in [6.07, 6.45) is 0. The van der Waals surface area contributed by atoms with Gasteiger partial charge in [-0.15, -0.1) is 0 Å². The van der Waals surface area contributed by atoms with E-state index in [9.17, 15) is 4.79 Å². The van der Waals surface area contributed by atoms with E-state index in [2.05, 4.69) is 10.6 Å². The molecule has 82 valence electrons. The second-order valence-electron chi connectivity index (χ2n) is 3.25. The van der Waals surface area contributed by atoms with Gasteiger partial charge in [-0.25, -0.2) is 4.79 Å². The summed E-state index contributed by atoms with van der Waals surface area (Å²) in [4.78, 5) is 11.4. The lowest BCUT2D eigenvalue weighted by atomic mass is 10.3. The molecular formula is C10H14ClN3O. The smallest absolute Gasteiger partial charge is 0.319 e. The van der Waals surface area contributed by atoms with E-state index in [0.717, 1.165) is 0 Å². The molecule has 0 aliphatic heterocycles. The van der Waals surface area contributed by atoms with Crippen molar-refractivity contribution in [3.63, 3.8) is 0 Å². The summed E-state index contributed by atoms with van der Waals surface area (Å²) < 4.78 is 0. The Labute approximate surface area is 93.8 Å². The lowest BCUT2D eigenvalue weighted by molar-refractivity contribution is 0.249. The lowest BCUT2D eigenvalue weighted by Gasteiger charge is -2.12. The van der Waals surface area contributed by atoms with Gasteiger partial charge >= 0.3 is 6.03 Å². The Kier molecular flexibility index (Phi) is 4.39. The fourth-order valence-corrected chi connectivity index (χ4v) is 1.21. The summed E-state index contributed by atoms with van der Waals surface area (Å²) in [5.41, 5.74) is 6.03. The van der Waals surface area contributed by atoms with E-state index in [-0.39, 0.29) is 12.1 Å². The highest BCUT2D eigenvalue weighted by Gasteiger charge is 2.05. The molecule has 0 aliphatic carbocycles. The number of nitrogens with one attached hydrogen (secondary N) is 2. The number of halogens is 1. The van der Waals surface area contributed by atoms with Crippen molar-refractivity contribution >= 4 is 23.3 Å². The van der Waals surface area contributed by atoms with Crippen molar-refractivity contribution in [2.24, 2.45) is 5.73 Å². The first-order valence-corrected chi connectivity index (χ1v) is 5.02. The minimum atomic E-state index is -0.282. The van der Waals surface area contributed by atoms with Crippen LogP contribution in [0, 0.1) is 0 Å². The molecule has 0 fully saturated rings. The summed E-state index contributed by atoms with van der Waals surface area (Å²) in [7, 11) is 0. The number of benzene rings is 1. The molecule has 1 rings (SSSR count). The highest BCUT2D eigenvalue weighted by molar-refractivity contribution is 6.30. The molecule has 0 aliphatic rings. The Bertz CT molecular complexity index is 343. The monoisotopic (exact) mass is 227 g/mol. The van der Waals surface area contributed by atoms with E-state index in [4.69, 9.17) is 17.3 Å². The van der Waals surface area contributed by atoms with Crippen LogP contribution in [0.4, 0.5) is 10.5 Å². The first-order valence-electron chi connectivity index (χ1n) is 4.65. The molecule has 1 aromatic rings. The number of carbonyl (C=O) groups excluding carboxylic acids is 1. The van der Waals surface area contributed by atoms with Crippen LogP contribution in [0.2, 0.25) is 5.02 Å². The molecule has 5 heteroatoms. The van der Waals surface area contributed by atoms with E-state index in [1.807, 2.05) is 6.92 Å². The van der Waals surface area contributed by atoms with Gasteiger partial charge in [0.15, 0.2) is 0 Å². The number of anilines is 1. The number of urea groups is 1. The van der Waals surface area contributed by atoms with E-state index >= 15 is 0 Å². The third-order valence-electron chi connectivity index (χ3n) is 1.81. The van der Waals surface area contributed by atoms with Gasteiger partial charge in [0, 0.05) is 23.3 Å². The molecular weight excluding hydrogens is 214 g/mol. The Balaban J connectivity index is 2.51. The van der Waals surface area contributed by atoms with Gasteiger partial charge in [-0.2, -0.15) is 0 Å². The van der Waals surface area contributed by atoms with Crippen molar-refractivity contribution in [1.29, 1.82) is 0 Å². The Morgan fingerprint density at radius 3 is 2.93 bits per heavy atom. The molecule has 0 bridgehead atoms. The van der Waals surface area contributed by atoms with Crippen molar-refractivity contribution in [2.45, 2.75) is 13.0 Å². The second-order valence-corrected chi connectivity index (χ2v) is 3.68. The number of hydrogen-bond acceptors (Lipinski definition) is 2. The summed E-state index contributed by atoms with van der Waals surface area (Å²) in [5.74, 6) is 0. The van der Waals surface area contributed by atoms with Gasteiger partial charge in [-0.3, -0.25) is 0 Å². The predicted octanol–water partition coefficient (Wildman–Crippen LogP) is 1.81. The van der Waals surface area contributed by atoms with Gasteiger partial charge in [0.1, 0.15) is 0 Å². The molecule has 4 nitrogen and oxygen atoms in total. The maximum atomic E-state index is 11.4.